The Morgan fingerprint density at radius 3 is 2.11 bits per heavy atom. The number of primary amides is 1. The van der Waals surface area contributed by atoms with Crippen LogP contribution in [0.25, 0.3) is 0 Å². The summed E-state index contributed by atoms with van der Waals surface area (Å²) in [5, 5.41) is 2.56. The average Bonchev–Trinajstić information content (AvgIpc) is 2.65. The Hall–Kier alpha value is -3.35. The first-order valence-corrected chi connectivity index (χ1v) is 8.45. The summed E-state index contributed by atoms with van der Waals surface area (Å²) in [4.78, 5) is 34.9. The fourth-order valence-electron chi connectivity index (χ4n) is 2.08. The van der Waals surface area contributed by atoms with Crippen LogP contribution in [-0.4, -0.2) is 31.0 Å². The summed E-state index contributed by atoms with van der Waals surface area (Å²) in [6.45, 7) is 4.25. The van der Waals surface area contributed by atoms with Gasteiger partial charge in [0.15, 0.2) is 6.61 Å². The molecule has 7 nitrogen and oxygen atoms in total. The first-order chi connectivity index (χ1) is 12.8. The molecule has 0 unspecified atom stereocenters. The van der Waals surface area contributed by atoms with E-state index in [0.29, 0.717) is 35.1 Å². The van der Waals surface area contributed by atoms with Crippen LogP contribution in [0.15, 0.2) is 48.5 Å². The van der Waals surface area contributed by atoms with Crippen molar-refractivity contribution in [3.05, 3.63) is 59.7 Å². The second kappa shape index (κ2) is 9.38. The Labute approximate surface area is 157 Å². The van der Waals surface area contributed by atoms with E-state index in [9.17, 15) is 14.4 Å². The standard InChI is InChI=1S/C20H22N2O5/c1-13(2)11-26-17-9-5-15(6-10-17)20(25)27-12-18(23)22-16-7-3-14(4-8-16)19(21)24/h3-10,13H,11-12H2,1-2H3,(H2,21,24)(H,22,23). The maximum atomic E-state index is 12.0. The van der Waals surface area contributed by atoms with Gasteiger partial charge in [-0.3, -0.25) is 9.59 Å². The zero-order chi connectivity index (χ0) is 19.8. The van der Waals surface area contributed by atoms with Gasteiger partial charge in [-0.1, -0.05) is 13.8 Å². The normalized spacial score (nSPS) is 10.3. The van der Waals surface area contributed by atoms with Crippen LogP contribution in [0, 0.1) is 5.92 Å². The number of nitrogens with one attached hydrogen (secondary N) is 1. The molecule has 2 rings (SSSR count). The maximum absolute atomic E-state index is 12.0. The van der Waals surface area contributed by atoms with Gasteiger partial charge in [0, 0.05) is 11.3 Å². The highest BCUT2D eigenvalue weighted by Crippen LogP contribution is 2.14. The lowest BCUT2D eigenvalue weighted by Crippen LogP contribution is -2.21. The van der Waals surface area contributed by atoms with Crippen molar-refractivity contribution in [3.63, 3.8) is 0 Å². The molecule has 2 amide bonds. The second-order valence-electron chi connectivity index (χ2n) is 6.30. The largest absolute Gasteiger partial charge is 0.493 e. The topological polar surface area (TPSA) is 108 Å². The lowest BCUT2D eigenvalue weighted by atomic mass is 10.2. The highest BCUT2D eigenvalue weighted by molar-refractivity contribution is 5.96. The first-order valence-electron chi connectivity index (χ1n) is 8.45. The molecule has 0 bridgehead atoms. The van der Waals surface area contributed by atoms with Gasteiger partial charge in [0.2, 0.25) is 5.91 Å². The van der Waals surface area contributed by atoms with Gasteiger partial charge in [-0.2, -0.15) is 0 Å². The number of hydrogen-bond acceptors (Lipinski definition) is 5. The molecule has 7 heteroatoms. The molecule has 142 valence electrons. The number of benzene rings is 2. The molecule has 3 N–H and O–H groups in total. The number of esters is 1. The van der Waals surface area contributed by atoms with Crippen LogP contribution >= 0.6 is 0 Å². The molecule has 0 atom stereocenters. The summed E-state index contributed by atoms with van der Waals surface area (Å²) in [7, 11) is 0. The monoisotopic (exact) mass is 370 g/mol. The summed E-state index contributed by atoms with van der Waals surface area (Å²) >= 11 is 0. The van der Waals surface area contributed by atoms with Crippen molar-refractivity contribution in [3.8, 4) is 5.75 Å². The summed E-state index contributed by atoms with van der Waals surface area (Å²) in [5.74, 6) is -0.586. The molecule has 0 saturated heterocycles. The van der Waals surface area contributed by atoms with E-state index in [2.05, 4.69) is 5.32 Å². The predicted octanol–water partition coefficient (Wildman–Crippen LogP) is 2.62. The van der Waals surface area contributed by atoms with Crippen LogP contribution in [0.2, 0.25) is 0 Å². The van der Waals surface area contributed by atoms with Crippen molar-refractivity contribution < 1.29 is 23.9 Å². The predicted molar refractivity (Wildman–Crippen MR) is 101 cm³/mol. The van der Waals surface area contributed by atoms with E-state index in [-0.39, 0.29) is 0 Å². The molecular weight excluding hydrogens is 348 g/mol. The van der Waals surface area contributed by atoms with Gasteiger partial charge in [-0.05, 0) is 54.4 Å². The molecule has 0 aromatic heterocycles. The van der Waals surface area contributed by atoms with Crippen molar-refractivity contribution in [2.75, 3.05) is 18.5 Å². The van der Waals surface area contributed by atoms with Crippen molar-refractivity contribution in [1.29, 1.82) is 0 Å². The third-order valence-corrected chi connectivity index (χ3v) is 3.46. The minimum atomic E-state index is -0.607. The van der Waals surface area contributed by atoms with Gasteiger partial charge in [-0.25, -0.2) is 4.79 Å². The van der Waals surface area contributed by atoms with Crippen molar-refractivity contribution in [2.24, 2.45) is 11.7 Å². The molecule has 0 spiro atoms. The third-order valence-electron chi connectivity index (χ3n) is 3.46. The number of amides is 2. The summed E-state index contributed by atoms with van der Waals surface area (Å²) in [6, 6.07) is 12.6. The van der Waals surface area contributed by atoms with E-state index < -0.39 is 24.4 Å². The van der Waals surface area contributed by atoms with E-state index in [0.717, 1.165) is 0 Å². The first kappa shape index (κ1) is 20.0. The molecule has 0 aliphatic carbocycles. The van der Waals surface area contributed by atoms with Crippen LogP contribution in [0.3, 0.4) is 0 Å². The van der Waals surface area contributed by atoms with Crippen LogP contribution in [0.4, 0.5) is 5.69 Å². The Morgan fingerprint density at radius 2 is 1.56 bits per heavy atom. The smallest absolute Gasteiger partial charge is 0.338 e. The van der Waals surface area contributed by atoms with Crippen molar-refractivity contribution >= 4 is 23.5 Å². The number of carbonyl (C=O) groups is 3. The Kier molecular flexibility index (Phi) is 6.93. The van der Waals surface area contributed by atoms with E-state index in [1.807, 2.05) is 13.8 Å². The molecule has 0 aliphatic heterocycles. The summed E-state index contributed by atoms with van der Waals surface area (Å²) in [5.41, 5.74) is 6.27. The Morgan fingerprint density at radius 1 is 0.963 bits per heavy atom. The zero-order valence-corrected chi connectivity index (χ0v) is 15.2. The Balaban J connectivity index is 1.82. The van der Waals surface area contributed by atoms with Crippen LogP contribution < -0.4 is 15.8 Å². The van der Waals surface area contributed by atoms with Crippen LogP contribution in [-0.2, 0) is 9.53 Å². The van der Waals surface area contributed by atoms with Crippen LogP contribution in [0.5, 0.6) is 5.75 Å². The van der Waals surface area contributed by atoms with Crippen molar-refractivity contribution in [2.45, 2.75) is 13.8 Å². The quantitative estimate of drug-likeness (QED) is 0.695. The highest BCUT2D eigenvalue weighted by atomic mass is 16.5. The molecule has 27 heavy (non-hydrogen) atoms. The number of carbonyl (C=O) groups excluding carboxylic acids is 3. The molecule has 0 fully saturated rings. The fourth-order valence-corrected chi connectivity index (χ4v) is 2.08. The highest BCUT2D eigenvalue weighted by Gasteiger charge is 2.11. The number of hydrogen-bond donors (Lipinski definition) is 2. The number of ether oxygens (including phenoxy) is 2. The minimum absolute atomic E-state index is 0.325. The molecular formula is C20H22N2O5. The third kappa shape index (κ3) is 6.47. The van der Waals surface area contributed by atoms with Crippen LogP contribution in [0.1, 0.15) is 34.6 Å². The molecule has 2 aromatic carbocycles. The van der Waals surface area contributed by atoms with E-state index >= 15 is 0 Å². The fraction of sp³-hybridized carbons (Fsp3) is 0.250. The zero-order valence-electron chi connectivity index (χ0n) is 15.2. The summed E-state index contributed by atoms with van der Waals surface area (Å²) < 4.78 is 10.5. The Bertz CT molecular complexity index is 798. The number of rotatable bonds is 8. The second-order valence-corrected chi connectivity index (χ2v) is 6.30. The van der Waals surface area contributed by atoms with E-state index in [4.69, 9.17) is 15.2 Å². The number of anilines is 1. The van der Waals surface area contributed by atoms with Gasteiger partial charge in [0.25, 0.3) is 5.91 Å². The lowest BCUT2D eigenvalue weighted by molar-refractivity contribution is -0.119. The van der Waals surface area contributed by atoms with Gasteiger partial charge >= 0.3 is 5.97 Å². The van der Waals surface area contributed by atoms with Gasteiger partial charge in [0.05, 0.1) is 12.2 Å². The molecule has 0 saturated carbocycles. The van der Waals surface area contributed by atoms with Gasteiger partial charge in [0.1, 0.15) is 5.75 Å². The molecule has 0 radical (unpaired) electrons. The minimum Gasteiger partial charge on any atom is -0.493 e. The molecule has 0 aliphatic rings. The van der Waals surface area contributed by atoms with Crippen molar-refractivity contribution in [1.82, 2.24) is 0 Å². The van der Waals surface area contributed by atoms with E-state index in [1.165, 1.54) is 24.3 Å². The number of nitrogens with two attached hydrogens (primary N) is 1. The average molecular weight is 370 g/mol. The molecule has 2 aromatic rings. The van der Waals surface area contributed by atoms with E-state index in [1.54, 1.807) is 24.3 Å². The SMILES string of the molecule is CC(C)COc1ccc(C(=O)OCC(=O)Nc2ccc(C(N)=O)cc2)cc1. The maximum Gasteiger partial charge on any atom is 0.338 e. The van der Waals surface area contributed by atoms with Gasteiger partial charge < -0.3 is 20.5 Å². The molecule has 0 heterocycles. The lowest BCUT2D eigenvalue weighted by Gasteiger charge is -2.09. The van der Waals surface area contributed by atoms with Gasteiger partial charge in [-0.15, -0.1) is 0 Å². The summed E-state index contributed by atoms with van der Waals surface area (Å²) in [6.07, 6.45) is 0.